The molecule has 4 amide bonds. The second-order valence-electron chi connectivity index (χ2n) is 15.3. The molecule has 4 aliphatic heterocycles. The average Bonchev–Trinajstić information content (AvgIpc) is 3.31. The minimum atomic E-state index is -1.01. The van der Waals surface area contributed by atoms with Gasteiger partial charge in [-0.25, -0.2) is 9.59 Å². The van der Waals surface area contributed by atoms with Crippen LogP contribution in [0.3, 0.4) is 0 Å². The first kappa shape index (κ1) is 38.4. The number of benzene rings is 2. The Bertz CT molecular complexity index is 1600. The van der Waals surface area contributed by atoms with E-state index in [1.54, 1.807) is 4.90 Å². The Labute approximate surface area is 313 Å². The predicted octanol–water partition coefficient (Wildman–Crippen LogP) is 4.17. The summed E-state index contributed by atoms with van der Waals surface area (Å²) in [6.07, 6.45) is 2.46. The van der Waals surface area contributed by atoms with E-state index in [4.69, 9.17) is 9.47 Å². The Morgan fingerprint density at radius 3 is 2.13 bits per heavy atom. The summed E-state index contributed by atoms with van der Waals surface area (Å²) in [6.45, 7) is 13.3. The molecule has 288 valence electrons. The number of aromatic hydroxyl groups is 1. The molecule has 13 heteroatoms. The molecule has 53 heavy (non-hydrogen) atoms. The number of esters is 1. The standard InChI is InChI=1S/C40H56N6O7/c1-27(2)52-36(47)26-42-14-10-32(11-15-42)43-19-21-44(22-20-43)38(49)35(25-30-23-28(3)37(48)29(4)24-30)53-40(51)45-16-12-33(13-17-45)46-18-9-31-7-5-6-8-34(31)41-39(46)50/h5-8,23-24,27,32-33,35,48H,9-22,25-26H2,1-4H3,(H,41,50)/t35-/m1/s1. The highest BCUT2D eigenvalue weighted by molar-refractivity contribution is 5.91. The zero-order valence-electron chi connectivity index (χ0n) is 31.7. The van der Waals surface area contributed by atoms with E-state index >= 15 is 0 Å². The number of carbonyl (C=O) groups is 4. The van der Waals surface area contributed by atoms with Gasteiger partial charge in [-0.2, -0.15) is 0 Å². The topological polar surface area (TPSA) is 135 Å². The van der Waals surface area contributed by atoms with Gasteiger partial charge in [0.2, 0.25) is 0 Å². The molecule has 0 aliphatic carbocycles. The summed E-state index contributed by atoms with van der Waals surface area (Å²) in [4.78, 5) is 63.0. The molecule has 4 heterocycles. The van der Waals surface area contributed by atoms with Gasteiger partial charge in [0.1, 0.15) is 5.75 Å². The fraction of sp³-hybridized carbons (Fsp3) is 0.600. The Balaban J connectivity index is 1.04. The van der Waals surface area contributed by atoms with E-state index in [0.717, 1.165) is 62.3 Å². The molecule has 0 bridgehead atoms. The summed E-state index contributed by atoms with van der Waals surface area (Å²) in [7, 11) is 0. The highest BCUT2D eigenvalue weighted by Crippen LogP contribution is 2.27. The number of phenolic OH excluding ortho intramolecular Hbond substituents is 1. The second-order valence-corrected chi connectivity index (χ2v) is 15.3. The summed E-state index contributed by atoms with van der Waals surface area (Å²) in [5, 5.41) is 13.4. The highest BCUT2D eigenvalue weighted by atomic mass is 16.6. The molecule has 2 N–H and O–H groups in total. The van der Waals surface area contributed by atoms with Crippen LogP contribution in [-0.4, -0.2) is 143 Å². The maximum absolute atomic E-state index is 14.1. The van der Waals surface area contributed by atoms with E-state index in [9.17, 15) is 24.3 Å². The first-order chi connectivity index (χ1) is 25.4. The van der Waals surface area contributed by atoms with Crippen molar-refractivity contribution in [2.75, 3.05) is 70.8 Å². The molecule has 6 rings (SSSR count). The van der Waals surface area contributed by atoms with E-state index in [0.29, 0.717) is 69.3 Å². The summed E-state index contributed by atoms with van der Waals surface area (Å²) >= 11 is 0. The van der Waals surface area contributed by atoms with Crippen molar-refractivity contribution in [1.29, 1.82) is 0 Å². The van der Waals surface area contributed by atoms with Crippen molar-refractivity contribution in [2.45, 2.75) is 90.5 Å². The number of urea groups is 1. The highest BCUT2D eigenvalue weighted by Gasteiger charge is 2.36. The summed E-state index contributed by atoms with van der Waals surface area (Å²) in [5.41, 5.74) is 4.19. The maximum Gasteiger partial charge on any atom is 0.410 e. The number of hydrogen-bond donors (Lipinski definition) is 2. The third kappa shape index (κ3) is 9.61. The third-order valence-corrected chi connectivity index (χ3v) is 11.2. The first-order valence-corrected chi connectivity index (χ1v) is 19.3. The molecular weight excluding hydrogens is 676 g/mol. The predicted molar refractivity (Wildman–Crippen MR) is 201 cm³/mol. The Morgan fingerprint density at radius 1 is 0.830 bits per heavy atom. The van der Waals surface area contributed by atoms with Crippen LogP contribution in [0.5, 0.6) is 5.75 Å². The number of fused-ring (bicyclic) bond motifs is 1. The van der Waals surface area contributed by atoms with Crippen LogP contribution in [0.15, 0.2) is 36.4 Å². The molecule has 3 saturated heterocycles. The minimum absolute atomic E-state index is 0.00125. The monoisotopic (exact) mass is 732 g/mol. The first-order valence-electron chi connectivity index (χ1n) is 19.3. The van der Waals surface area contributed by atoms with E-state index in [1.807, 2.05) is 73.9 Å². The third-order valence-electron chi connectivity index (χ3n) is 11.2. The number of ether oxygens (including phenoxy) is 2. The smallest absolute Gasteiger partial charge is 0.410 e. The summed E-state index contributed by atoms with van der Waals surface area (Å²) < 4.78 is 11.4. The number of nitrogens with one attached hydrogen (secondary N) is 1. The van der Waals surface area contributed by atoms with Crippen LogP contribution >= 0.6 is 0 Å². The van der Waals surface area contributed by atoms with E-state index in [1.165, 1.54) is 0 Å². The number of piperidine rings is 2. The van der Waals surface area contributed by atoms with Gasteiger partial charge < -0.3 is 34.6 Å². The lowest BCUT2D eigenvalue weighted by Crippen LogP contribution is -2.57. The van der Waals surface area contributed by atoms with Gasteiger partial charge in [-0.3, -0.25) is 19.4 Å². The van der Waals surface area contributed by atoms with Gasteiger partial charge in [0.15, 0.2) is 6.10 Å². The van der Waals surface area contributed by atoms with Gasteiger partial charge in [0, 0.05) is 83.1 Å². The molecule has 2 aromatic rings. The maximum atomic E-state index is 14.1. The molecule has 2 aromatic carbocycles. The molecule has 4 aliphatic rings. The number of rotatable bonds is 9. The average molecular weight is 733 g/mol. The number of phenols is 1. The summed E-state index contributed by atoms with van der Waals surface area (Å²) in [5.74, 6) is -0.178. The molecular formula is C40H56N6O7. The number of aryl methyl sites for hydroxylation is 2. The van der Waals surface area contributed by atoms with Crippen LogP contribution in [0.1, 0.15) is 61.8 Å². The lowest BCUT2D eigenvalue weighted by Gasteiger charge is -2.43. The van der Waals surface area contributed by atoms with Crippen molar-refractivity contribution in [3.8, 4) is 5.75 Å². The van der Waals surface area contributed by atoms with Crippen LogP contribution in [0.2, 0.25) is 0 Å². The summed E-state index contributed by atoms with van der Waals surface area (Å²) in [6, 6.07) is 11.8. The minimum Gasteiger partial charge on any atom is -0.507 e. The number of anilines is 1. The molecule has 0 saturated carbocycles. The number of amides is 4. The van der Waals surface area contributed by atoms with E-state index in [-0.39, 0.29) is 42.2 Å². The van der Waals surface area contributed by atoms with Gasteiger partial charge >= 0.3 is 18.1 Å². The number of hydrogen-bond acceptors (Lipinski definition) is 9. The Hall–Kier alpha value is -4.36. The Morgan fingerprint density at radius 2 is 1.47 bits per heavy atom. The fourth-order valence-electron chi connectivity index (χ4n) is 8.29. The van der Waals surface area contributed by atoms with Crippen molar-refractivity contribution >= 4 is 29.7 Å². The Kier molecular flexibility index (Phi) is 12.4. The lowest BCUT2D eigenvalue weighted by molar-refractivity contribution is -0.149. The number of likely N-dealkylation sites (tertiary alicyclic amines) is 2. The molecule has 0 unspecified atom stereocenters. The van der Waals surface area contributed by atoms with Crippen LogP contribution in [0.25, 0.3) is 0 Å². The van der Waals surface area contributed by atoms with Gasteiger partial charge in [0.05, 0.1) is 12.6 Å². The van der Waals surface area contributed by atoms with Crippen LogP contribution in [0, 0.1) is 13.8 Å². The van der Waals surface area contributed by atoms with Crippen LogP contribution < -0.4 is 5.32 Å². The number of carbonyl (C=O) groups excluding carboxylic acids is 4. The van der Waals surface area contributed by atoms with Crippen molar-refractivity contribution in [3.05, 3.63) is 58.7 Å². The molecule has 1 atom stereocenters. The van der Waals surface area contributed by atoms with Gasteiger partial charge in [-0.05, 0) is 88.1 Å². The molecule has 0 aromatic heterocycles. The SMILES string of the molecule is Cc1cc(C[C@@H](OC(=O)N2CCC(N3CCc4ccccc4NC3=O)CC2)C(=O)N2CCN(C3CCN(CC(=O)OC(C)C)CC3)CC2)cc(C)c1O. The van der Waals surface area contributed by atoms with Crippen molar-refractivity contribution < 1.29 is 33.8 Å². The van der Waals surface area contributed by atoms with E-state index in [2.05, 4.69) is 15.1 Å². The lowest BCUT2D eigenvalue weighted by atomic mass is 10.00. The molecule has 0 radical (unpaired) electrons. The van der Waals surface area contributed by atoms with Crippen molar-refractivity contribution in [1.82, 2.24) is 24.5 Å². The normalized spacial score (nSPS) is 20.1. The van der Waals surface area contributed by atoms with Crippen LogP contribution in [0.4, 0.5) is 15.3 Å². The zero-order valence-corrected chi connectivity index (χ0v) is 31.7. The van der Waals surface area contributed by atoms with Gasteiger partial charge in [0.25, 0.3) is 5.91 Å². The van der Waals surface area contributed by atoms with E-state index < -0.39 is 12.2 Å². The molecule has 0 spiro atoms. The van der Waals surface area contributed by atoms with Gasteiger partial charge in [-0.1, -0.05) is 30.3 Å². The van der Waals surface area contributed by atoms with Crippen LogP contribution in [-0.2, 0) is 31.9 Å². The second kappa shape index (κ2) is 17.2. The largest absolute Gasteiger partial charge is 0.507 e. The fourth-order valence-corrected chi connectivity index (χ4v) is 8.29. The van der Waals surface area contributed by atoms with Crippen molar-refractivity contribution in [3.63, 3.8) is 0 Å². The van der Waals surface area contributed by atoms with Gasteiger partial charge in [-0.15, -0.1) is 0 Å². The molecule has 13 nitrogen and oxygen atoms in total. The molecule has 3 fully saturated rings. The number of para-hydroxylation sites is 1. The zero-order chi connectivity index (χ0) is 37.6. The number of piperazine rings is 1. The van der Waals surface area contributed by atoms with Crippen molar-refractivity contribution in [2.24, 2.45) is 0 Å². The quantitative estimate of drug-likeness (QED) is 0.365. The number of nitrogens with zero attached hydrogens (tertiary/aromatic N) is 5.